The van der Waals surface area contributed by atoms with Crippen LogP contribution >= 0.6 is 0 Å². The van der Waals surface area contributed by atoms with E-state index in [0.29, 0.717) is 25.9 Å². The number of amides is 2. The number of hydrogen-bond acceptors (Lipinski definition) is 3. The largest absolute Gasteiger partial charge is 0.338 e. The first-order valence-electron chi connectivity index (χ1n) is 7.00. The lowest BCUT2D eigenvalue weighted by Crippen LogP contribution is -2.23. The number of anilines is 1. The summed E-state index contributed by atoms with van der Waals surface area (Å²) < 4.78 is 0. The molecule has 0 aliphatic carbocycles. The maximum atomic E-state index is 11.6. The monoisotopic (exact) mass is 275 g/mol. The molecule has 2 rings (SSSR count). The Bertz CT molecular complexity index is 471. The molecule has 0 atom stereocenters. The molecule has 5 nitrogen and oxygen atoms in total. The highest BCUT2D eigenvalue weighted by Gasteiger charge is 2.19. The van der Waals surface area contributed by atoms with Crippen molar-refractivity contribution < 1.29 is 9.59 Å². The molecule has 0 unspecified atom stereocenters. The maximum absolute atomic E-state index is 11.6. The van der Waals surface area contributed by atoms with Crippen LogP contribution in [0.5, 0.6) is 0 Å². The maximum Gasteiger partial charge on any atom is 0.225 e. The van der Waals surface area contributed by atoms with Gasteiger partial charge in [0.05, 0.1) is 0 Å². The van der Waals surface area contributed by atoms with Crippen molar-refractivity contribution in [1.82, 2.24) is 10.2 Å². The number of likely N-dealkylation sites (tertiary alicyclic amines) is 1. The summed E-state index contributed by atoms with van der Waals surface area (Å²) in [5, 5.41) is 5.79. The van der Waals surface area contributed by atoms with E-state index in [0.717, 1.165) is 24.2 Å². The zero-order valence-electron chi connectivity index (χ0n) is 11.8. The molecule has 5 heteroatoms. The molecule has 2 amide bonds. The van der Waals surface area contributed by atoms with Gasteiger partial charge in [-0.1, -0.05) is 12.1 Å². The first-order valence-corrected chi connectivity index (χ1v) is 7.00. The van der Waals surface area contributed by atoms with Crippen LogP contribution in [0, 0.1) is 0 Å². The average Bonchev–Trinajstić information content (AvgIpc) is 2.84. The van der Waals surface area contributed by atoms with Gasteiger partial charge in [0.2, 0.25) is 11.8 Å². The summed E-state index contributed by atoms with van der Waals surface area (Å²) in [6.07, 6.45) is 2.08. The Kier molecular flexibility index (Phi) is 5.12. The SMILES string of the molecule is CNCCC(=O)Nc1ccc(CN2CCCC2=O)cc1. The molecule has 1 heterocycles. The van der Waals surface area contributed by atoms with Gasteiger partial charge in [0.15, 0.2) is 0 Å². The summed E-state index contributed by atoms with van der Waals surface area (Å²) in [7, 11) is 1.82. The van der Waals surface area contributed by atoms with E-state index in [9.17, 15) is 9.59 Å². The van der Waals surface area contributed by atoms with Crippen molar-refractivity contribution in [1.29, 1.82) is 0 Å². The molecule has 0 aromatic heterocycles. The van der Waals surface area contributed by atoms with Crippen molar-refractivity contribution >= 4 is 17.5 Å². The molecule has 0 bridgehead atoms. The van der Waals surface area contributed by atoms with Gasteiger partial charge in [-0.3, -0.25) is 9.59 Å². The number of benzene rings is 1. The van der Waals surface area contributed by atoms with E-state index in [1.165, 1.54) is 0 Å². The van der Waals surface area contributed by atoms with Gasteiger partial charge in [0, 0.05) is 38.2 Å². The quantitative estimate of drug-likeness (QED) is 0.824. The van der Waals surface area contributed by atoms with Gasteiger partial charge >= 0.3 is 0 Å². The Hall–Kier alpha value is -1.88. The molecular weight excluding hydrogens is 254 g/mol. The van der Waals surface area contributed by atoms with E-state index in [1.54, 1.807) is 0 Å². The number of nitrogens with one attached hydrogen (secondary N) is 2. The van der Waals surface area contributed by atoms with E-state index in [4.69, 9.17) is 0 Å². The number of rotatable bonds is 6. The van der Waals surface area contributed by atoms with Gasteiger partial charge in [-0.05, 0) is 31.2 Å². The topological polar surface area (TPSA) is 61.4 Å². The van der Waals surface area contributed by atoms with E-state index in [-0.39, 0.29) is 11.8 Å². The first kappa shape index (κ1) is 14.5. The van der Waals surface area contributed by atoms with Gasteiger partial charge in [-0.15, -0.1) is 0 Å². The molecule has 1 aromatic carbocycles. The number of hydrogen-bond donors (Lipinski definition) is 2. The highest BCUT2D eigenvalue weighted by Crippen LogP contribution is 2.16. The second kappa shape index (κ2) is 7.05. The van der Waals surface area contributed by atoms with Gasteiger partial charge in [0.1, 0.15) is 0 Å². The van der Waals surface area contributed by atoms with Crippen LogP contribution in [0.1, 0.15) is 24.8 Å². The molecule has 2 N–H and O–H groups in total. The van der Waals surface area contributed by atoms with Crippen LogP contribution in [-0.2, 0) is 16.1 Å². The van der Waals surface area contributed by atoms with Gasteiger partial charge in [-0.2, -0.15) is 0 Å². The van der Waals surface area contributed by atoms with Crippen molar-refractivity contribution in [3.05, 3.63) is 29.8 Å². The first-order chi connectivity index (χ1) is 9.69. The lowest BCUT2D eigenvalue weighted by atomic mass is 10.2. The number of nitrogens with zero attached hydrogens (tertiary/aromatic N) is 1. The predicted octanol–water partition coefficient (Wildman–Crippen LogP) is 1.36. The summed E-state index contributed by atoms with van der Waals surface area (Å²) in [4.78, 5) is 25.0. The van der Waals surface area contributed by atoms with Crippen molar-refractivity contribution in [2.24, 2.45) is 0 Å². The second-order valence-corrected chi connectivity index (χ2v) is 5.02. The van der Waals surface area contributed by atoms with Gasteiger partial charge in [-0.25, -0.2) is 0 Å². The lowest BCUT2D eigenvalue weighted by Gasteiger charge is -2.15. The third-order valence-corrected chi connectivity index (χ3v) is 3.38. The zero-order chi connectivity index (χ0) is 14.4. The molecule has 0 radical (unpaired) electrons. The van der Waals surface area contributed by atoms with E-state index in [2.05, 4.69) is 10.6 Å². The summed E-state index contributed by atoms with van der Waals surface area (Å²) in [6.45, 7) is 2.18. The van der Waals surface area contributed by atoms with Crippen molar-refractivity contribution in [2.75, 3.05) is 25.5 Å². The molecule has 1 aliphatic rings. The standard InChI is InChI=1S/C15H21N3O2/c1-16-9-8-14(19)17-13-6-4-12(5-7-13)11-18-10-2-3-15(18)20/h4-7,16H,2-3,8-11H2,1H3,(H,17,19). The minimum atomic E-state index is 0.00169. The fourth-order valence-corrected chi connectivity index (χ4v) is 2.25. The molecule has 1 saturated heterocycles. The van der Waals surface area contributed by atoms with Crippen LogP contribution in [0.2, 0.25) is 0 Å². The molecular formula is C15H21N3O2. The predicted molar refractivity (Wildman–Crippen MR) is 78.3 cm³/mol. The number of carbonyl (C=O) groups excluding carboxylic acids is 2. The third kappa shape index (κ3) is 4.06. The van der Waals surface area contributed by atoms with Crippen molar-refractivity contribution in [3.8, 4) is 0 Å². The Balaban J connectivity index is 1.86. The summed E-state index contributed by atoms with van der Waals surface area (Å²) in [5.41, 5.74) is 1.89. The highest BCUT2D eigenvalue weighted by molar-refractivity contribution is 5.90. The minimum Gasteiger partial charge on any atom is -0.338 e. The fraction of sp³-hybridized carbons (Fsp3) is 0.467. The second-order valence-electron chi connectivity index (χ2n) is 5.02. The van der Waals surface area contributed by atoms with Crippen LogP contribution in [0.4, 0.5) is 5.69 Å². The Morgan fingerprint density at radius 1 is 1.30 bits per heavy atom. The van der Waals surface area contributed by atoms with Crippen LogP contribution < -0.4 is 10.6 Å². The Morgan fingerprint density at radius 2 is 2.05 bits per heavy atom. The number of carbonyl (C=O) groups is 2. The molecule has 1 aliphatic heterocycles. The smallest absolute Gasteiger partial charge is 0.225 e. The van der Waals surface area contributed by atoms with E-state index >= 15 is 0 Å². The molecule has 108 valence electrons. The van der Waals surface area contributed by atoms with Crippen LogP contribution in [-0.4, -0.2) is 36.9 Å². The Morgan fingerprint density at radius 3 is 2.65 bits per heavy atom. The molecule has 0 spiro atoms. The zero-order valence-corrected chi connectivity index (χ0v) is 11.8. The lowest BCUT2D eigenvalue weighted by molar-refractivity contribution is -0.128. The third-order valence-electron chi connectivity index (χ3n) is 3.38. The van der Waals surface area contributed by atoms with Crippen LogP contribution in [0.15, 0.2) is 24.3 Å². The summed E-state index contributed by atoms with van der Waals surface area (Å²) >= 11 is 0. The Labute approximate surface area is 119 Å². The van der Waals surface area contributed by atoms with Crippen LogP contribution in [0.25, 0.3) is 0 Å². The molecule has 1 fully saturated rings. The van der Waals surface area contributed by atoms with Crippen LogP contribution in [0.3, 0.4) is 0 Å². The fourth-order valence-electron chi connectivity index (χ4n) is 2.25. The van der Waals surface area contributed by atoms with E-state index in [1.807, 2.05) is 36.2 Å². The van der Waals surface area contributed by atoms with E-state index < -0.39 is 0 Å². The molecule has 0 saturated carbocycles. The van der Waals surface area contributed by atoms with Crippen molar-refractivity contribution in [3.63, 3.8) is 0 Å². The van der Waals surface area contributed by atoms with Gasteiger partial charge < -0.3 is 15.5 Å². The average molecular weight is 275 g/mol. The molecule has 1 aromatic rings. The normalized spacial score (nSPS) is 14.7. The van der Waals surface area contributed by atoms with Crippen molar-refractivity contribution in [2.45, 2.75) is 25.8 Å². The summed E-state index contributed by atoms with van der Waals surface area (Å²) in [5.74, 6) is 0.233. The van der Waals surface area contributed by atoms with Gasteiger partial charge in [0.25, 0.3) is 0 Å². The summed E-state index contributed by atoms with van der Waals surface area (Å²) in [6, 6.07) is 7.68. The highest BCUT2D eigenvalue weighted by atomic mass is 16.2. The molecule has 20 heavy (non-hydrogen) atoms. The minimum absolute atomic E-state index is 0.00169.